The van der Waals surface area contributed by atoms with Crippen LogP contribution in [0.2, 0.25) is 0 Å². The number of anilines is 1. The summed E-state index contributed by atoms with van der Waals surface area (Å²) in [6, 6.07) is 11.5. The van der Waals surface area contributed by atoms with E-state index in [1.807, 2.05) is 38.1 Å². The van der Waals surface area contributed by atoms with E-state index in [9.17, 15) is 14.0 Å². The van der Waals surface area contributed by atoms with Crippen molar-refractivity contribution >= 4 is 17.5 Å². The number of hydrogen-bond donors (Lipinski definition) is 2. The Kier molecular flexibility index (Phi) is 8.14. The van der Waals surface area contributed by atoms with Gasteiger partial charge in [0.2, 0.25) is 5.91 Å². The molecule has 2 amide bonds. The third-order valence-electron chi connectivity index (χ3n) is 5.22. The lowest BCUT2D eigenvalue weighted by Crippen LogP contribution is -2.25. The van der Waals surface area contributed by atoms with Gasteiger partial charge < -0.3 is 20.1 Å². The van der Waals surface area contributed by atoms with Crippen LogP contribution >= 0.6 is 0 Å². The van der Waals surface area contributed by atoms with Crippen molar-refractivity contribution in [3.05, 3.63) is 65.0 Å². The largest absolute Gasteiger partial charge is 0.379 e. The molecule has 6 nitrogen and oxygen atoms in total. The fourth-order valence-corrected chi connectivity index (χ4v) is 3.29. The number of ether oxygens (including phenoxy) is 2. The van der Waals surface area contributed by atoms with E-state index in [-0.39, 0.29) is 23.9 Å². The molecule has 0 saturated heterocycles. The van der Waals surface area contributed by atoms with Crippen LogP contribution in [0.15, 0.2) is 42.5 Å². The molecule has 0 aromatic heterocycles. The highest BCUT2D eigenvalue weighted by molar-refractivity contribution is 6.04. The summed E-state index contributed by atoms with van der Waals surface area (Å²) in [7, 11) is 0. The normalized spacial score (nSPS) is 17.3. The predicted molar refractivity (Wildman–Crippen MR) is 116 cm³/mol. The SMILES string of the molecule is CCOCCOCc1cccc(CNC(=O)c2cc(F)ccc2NC(=O)C2CC2C)c1. The summed E-state index contributed by atoms with van der Waals surface area (Å²) >= 11 is 0. The standard InChI is InChI=1S/C24H29FN2O4/c1-3-30-9-10-31-15-18-6-4-5-17(12-18)14-26-23(28)21-13-19(25)7-8-22(21)27-24(29)20-11-16(20)2/h4-8,12-13,16,20H,3,9-11,14-15H2,1-2H3,(H,26,28)(H,27,29). The van der Waals surface area contributed by atoms with Gasteiger partial charge in [0.25, 0.3) is 5.91 Å². The zero-order chi connectivity index (χ0) is 22.2. The number of nitrogens with one attached hydrogen (secondary N) is 2. The number of carbonyl (C=O) groups excluding carboxylic acids is 2. The molecular weight excluding hydrogens is 399 g/mol. The topological polar surface area (TPSA) is 76.7 Å². The number of halogens is 1. The van der Waals surface area contributed by atoms with E-state index >= 15 is 0 Å². The van der Waals surface area contributed by atoms with Gasteiger partial charge in [-0.15, -0.1) is 0 Å². The highest BCUT2D eigenvalue weighted by Gasteiger charge is 2.39. The van der Waals surface area contributed by atoms with Crippen molar-refractivity contribution in [2.45, 2.75) is 33.4 Å². The lowest BCUT2D eigenvalue weighted by atomic mass is 10.1. The third-order valence-corrected chi connectivity index (χ3v) is 5.22. The van der Waals surface area contributed by atoms with Crippen LogP contribution in [0.5, 0.6) is 0 Å². The molecule has 2 N–H and O–H groups in total. The molecule has 3 rings (SSSR count). The van der Waals surface area contributed by atoms with Crippen molar-refractivity contribution in [2.75, 3.05) is 25.1 Å². The van der Waals surface area contributed by atoms with Crippen LogP contribution in [-0.4, -0.2) is 31.6 Å². The maximum absolute atomic E-state index is 13.8. The van der Waals surface area contributed by atoms with Crippen molar-refractivity contribution in [3.8, 4) is 0 Å². The first-order chi connectivity index (χ1) is 15.0. The summed E-state index contributed by atoms with van der Waals surface area (Å²) < 4.78 is 24.6. The molecule has 0 heterocycles. The van der Waals surface area contributed by atoms with Crippen LogP contribution in [0.1, 0.15) is 41.8 Å². The smallest absolute Gasteiger partial charge is 0.253 e. The van der Waals surface area contributed by atoms with Gasteiger partial charge in [-0.1, -0.05) is 31.2 Å². The van der Waals surface area contributed by atoms with Gasteiger partial charge in [-0.05, 0) is 48.6 Å². The Morgan fingerprint density at radius 3 is 2.58 bits per heavy atom. The van der Waals surface area contributed by atoms with E-state index in [2.05, 4.69) is 10.6 Å². The molecule has 2 aromatic carbocycles. The number of amides is 2. The molecule has 2 unspecified atom stereocenters. The maximum Gasteiger partial charge on any atom is 0.253 e. The molecular formula is C24H29FN2O4. The number of carbonyl (C=O) groups is 2. The fraction of sp³-hybridized carbons (Fsp3) is 0.417. The van der Waals surface area contributed by atoms with Crippen LogP contribution in [-0.2, 0) is 27.4 Å². The molecule has 7 heteroatoms. The first-order valence-electron chi connectivity index (χ1n) is 10.6. The molecule has 0 bridgehead atoms. The van der Waals surface area contributed by atoms with Gasteiger partial charge in [0, 0.05) is 19.1 Å². The molecule has 2 atom stereocenters. The Balaban J connectivity index is 1.57. The van der Waals surface area contributed by atoms with Crippen LogP contribution in [0.25, 0.3) is 0 Å². The third kappa shape index (κ3) is 6.87. The molecule has 2 aromatic rings. The average molecular weight is 429 g/mol. The average Bonchev–Trinajstić information content (AvgIpc) is 3.50. The zero-order valence-electron chi connectivity index (χ0n) is 17.9. The Morgan fingerprint density at radius 2 is 1.84 bits per heavy atom. The number of rotatable bonds is 11. The van der Waals surface area contributed by atoms with Gasteiger partial charge >= 0.3 is 0 Å². The highest BCUT2D eigenvalue weighted by atomic mass is 19.1. The molecule has 0 spiro atoms. The Bertz CT molecular complexity index is 918. The highest BCUT2D eigenvalue weighted by Crippen LogP contribution is 2.38. The first kappa shape index (κ1) is 22.9. The first-order valence-corrected chi connectivity index (χ1v) is 10.6. The lowest BCUT2D eigenvalue weighted by molar-refractivity contribution is -0.117. The van der Waals surface area contributed by atoms with Crippen molar-refractivity contribution in [1.29, 1.82) is 0 Å². The van der Waals surface area contributed by atoms with Crippen molar-refractivity contribution < 1.29 is 23.5 Å². The minimum Gasteiger partial charge on any atom is -0.379 e. The van der Waals surface area contributed by atoms with Crippen LogP contribution in [0.3, 0.4) is 0 Å². The fourth-order valence-electron chi connectivity index (χ4n) is 3.29. The summed E-state index contributed by atoms with van der Waals surface area (Å²) in [6.07, 6.45) is 0.834. The second-order valence-electron chi connectivity index (χ2n) is 7.75. The Labute approximate surface area is 182 Å². The van der Waals surface area contributed by atoms with Gasteiger partial charge in [0.1, 0.15) is 5.82 Å². The summed E-state index contributed by atoms with van der Waals surface area (Å²) in [5, 5.41) is 5.57. The summed E-state index contributed by atoms with van der Waals surface area (Å²) in [5.41, 5.74) is 2.31. The molecule has 0 radical (unpaired) electrons. The monoisotopic (exact) mass is 428 g/mol. The van der Waals surface area contributed by atoms with Crippen LogP contribution in [0, 0.1) is 17.7 Å². The van der Waals surface area contributed by atoms with Gasteiger partial charge in [0.05, 0.1) is 31.1 Å². The van der Waals surface area contributed by atoms with Crippen molar-refractivity contribution in [3.63, 3.8) is 0 Å². The predicted octanol–water partition coefficient (Wildman–Crippen LogP) is 3.90. The van der Waals surface area contributed by atoms with E-state index in [1.165, 1.54) is 12.1 Å². The molecule has 0 aliphatic heterocycles. The molecule has 1 saturated carbocycles. The minimum atomic E-state index is -0.533. The van der Waals surface area contributed by atoms with Crippen molar-refractivity contribution in [2.24, 2.45) is 11.8 Å². The van der Waals surface area contributed by atoms with Crippen molar-refractivity contribution in [1.82, 2.24) is 5.32 Å². The second kappa shape index (κ2) is 11.0. The van der Waals surface area contributed by atoms with Gasteiger partial charge in [-0.3, -0.25) is 9.59 Å². The Morgan fingerprint density at radius 1 is 1.10 bits per heavy atom. The molecule has 166 valence electrons. The van der Waals surface area contributed by atoms with E-state index in [0.29, 0.717) is 38.0 Å². The lowest BCUT2D eigenvalue weighted by Gasteiger charge is -2.12. The summed E-state index contributed by atoms with van der Waals surface area (Å²) in [4.78, 5) is 25.0. The quantitative estimate of drug-likeness (QED) is 0.532. The zero-order valence-corrected chi connectivity index (χ0v) is 17.9. The van der Waals surface area contributed by atoms with E-state index in [4.69, 9.17) is 9.47 Å². The minimum absolute atomic E-state index is 0.0422. The van der Waals surface area contributed by atoms with Crippen LogP contribution in [0.4, 0.5) is 10.1 Å². The van der Waals surface area contributed by atoms with Gasteiger partial charge in [0.15, 0.2) is 0 Å². The molecule has 1 aliphatic carbocycles. The molecule has 1 aliphatic rings. The maximum atomic E-state index is 13.8. The Hall–Kier alpha value is -2.77. The van der Waals surface area contributed by atoms with E-state index in [0.717, 1.165) is 23.6 Å². The summed E-state index contributed by atoms with van der Waals surface area (Å²) in [6.45, 7) is 6.40. The molecule has 31 heavy (non-hydrogen) atoms. The van der Waals surface area contributed by atoms with E-state index in [1.54, 1.807) is 0 Å². The van der Waals surface area contributed by atoms with Gasteiger partial charge in [-0.25, -0.2) is 4.39 Å². The number of hydrogen-bond acceptors (Lipinski definition) is 4. The summed E-state index contributed by atoms with van der Waals surface area (Å²) in [5.74, 6) is -0.816. The second-order valence-corrected chi connectivity index (χ2v) is 7.75. The molecule has 1 fully saturated rings. The van der Waals surface area contributed by atoms with Gasteiger partial charge in [-0.2, -0.15) is 0 Å². The van der Waals surface area contributed by atoms with Crippen LogP contribution < -0.4 is 10.6 Å². The van der Waals surface area contributed by atoms with E-state index < -0.39 is 11.7 Å². The number of benzene rings is 2.